The molecule has 2 aliphatic rings. The Hall–Kier alpha value is -3.03. The smallest absolute Gasteiger partial charge is 0.308 e. The average Bonchev–Trinajstić information content (AvgIpc) is 2.92. The summed E-state index contributed by atoms with van der Waals surface area (Å²) in [7, 11) is 5.60. The molecule has 0 radical (unpaired) electrons. The number of hydrogen-bond acceptors (Lipinski definition) is 6. The zero-order valence-electron chi connectivity index (χ0n) is 19.4. The number of ether oxygens (including phenoxy) is 2. The lowest BCUT2D eigenvalue weighted by molar-refractivity contribution is -0.140. The minimum absolute atomic E-state index is 0.0899. The van der Waals surface area contributed by atoms with E-state index in [1.165, 1.54) is 18.7 Å². The van der Waals surface area contributed by atoms with E-state index in [0.29, 0.717) is 24.4 Å². The molecule has 0 spiro atoms. The van der Waals surface area contributed by atoms with Crippen LogP contribution < -0.4 is 4.90 Å². The van der Waals surface area contributed by atoms with Gasteiger partial charge < -0.3 is 19.3 Å². The van der Waals surface area contributed by atoms with Gasteiger partial charge in [-0.05, 0) is 49.0 Å². The summed E-state index contributed by atoms with van der Waals surface area (Å²) in [6, 6.07) is 12.2. The van der Waals surface area contributed by atoms with Crippen molar-refractivity contribution in [2.45, 2.75) is 24.7 Å². The first kappa shape index (κ1) is 23.1. The van der Waals surface area contributed by atoms with Gasteiger partial charge in [-0.25, -0.2) is 0 Å². The Balaban J connectivity index is 1.94. The summed E-state index contributed by atoms with van der Waals surface area (Å²) in [5.41, 5.74) is 1.79. The van der Waals surface area contributed by atoms with Gasteiger partial charge in [-0.3, -0.25) is 9.59 Å². The highest BCUT2D eigenvalue weighted by Gasteiger charge is 2.34. The number of likely N-dealkylation sites (N-methyl/N-ethyl adjacent to an activating group) is 1. The second-order valence-electron chi connectivity index (χ2n) is 8.28. The predicted octanol–water partition coefficient (Wildman–Crippen LogP) is 4.87. The Labute approximate surface area is 198 Å². The maximum absolute atomic E-state index is 13.9. The summed E-state index contributed by atoms with van der Waals surface area (Å²) in [5.74, 6) is 0.166. The summed E-state index contributed by atoms with van der Waals surface area (Å²) >= 11 is 1.50. The predicted molar refractivity (Wildman–Crippen MR) is 132 cm³/mol. The molecule has 1 heterocycles. The third-order valence-corrected chi connectivity index (χ3v) is 6.97. The van der Waals surface area contributed by atoms with Crippen LogP contribution in [-0.4, -0.2) is 51.1 Å². The molecule has 0 atom stereocenters. The number of anilines is 1. The molecule has 0 fully saturated rings. The van der Waals surface area contributed by atoms with Gasteiger partial charge in [-0.1, -0.05) is 48.2 Å². The maximum Gasteiger partial charge on any atom is 0.308 e. The fourth-order valence-corrected chi connectivity index (χ4v) is 5.28. The Morgan fingerprint density at radius 2 is 1.91 bits per heavy atom. The van der Waals surface area contributed by atoms with Gasteiger partial charge in [0.1, 0.15) is 0 Å². The van der Waals surface area contributed by atoms with Gasteiger partial charge >= 0.3 is 5.97 Å². The van der Waals surface area contributed by atoms with E-state index in [2.05, 4.69) is 12.1 Å². The van der Waals surface area contributed by atoms with Crippen LogP contribution >= 0.6 is 11.8 Å². The fraction of sp³-hybridized carbons (Fsp3) is 0.308. The monoisotopic (exact) mass is 464 g/mol. The van der Waals surface area contributed by atoms with Gasteiger partial charge in [0.2, 0.25) is 5.76 Å². The number of methoxy groups -OCH3 is 1. The fourth-order valence-electron chi connectivity index (χ4n) is 3.97. The minimum atomic E-state index is -0.510. The van der Waals surface area contributed by atoms with Crippen molar-refractivity contribution in [1.82, 2.24) is 4.90 Å². The van der Waals surface area contributed by atoms with Crippen molar-refractivity contribution in [2.75, 3.05) is 39.2 Å². The highest BCUT2D eigenvalue weighted by Crippen LogP contribution is 2.48. The molecule has 4 rings (SSSR count). The third kappa shape index (κ3) is 4.84. The quantitative estimate of drug-likeness (QED) is 0.569. The number of nitrogens with zero attached hydrogens (tertiary/aromatic N) is 2. The molecule has 1 aliphatic heterocycles. The molecule has 0 saturated carbocycles. The number of hydrogen-bond donors (Lipinski definition) is 0. The maximum atomic E-state index is 13.9. The Bertz CT molecular complexity index is 1200. The summed E-state index contributed by atoms with van der Waals surface area (Å²) in [6.07, 6.45) is 5.29. The van der Waals surface area contributed by atoms with Crippen molar-refractivity contribution in [2.24, 2.45) is 0 Å². The molecule has 0 saturated heterocycles. The zero-order valence-corrected chi connectivity index (χ0v) is 20.2. The van der Waals surface area contributed by atoms with E-state index in [1.807, 2.05) is 55.4 Å². The largest absolute Gasteiger partial charge is 0.501 e. The molecule has 0 aromatic heterocycles. The van der Waals surface area contributed by atoms with Crippen LogP contribution in [0.2, 0.25) is 0 Å². The van der Waals surface area contributed by atoms with Crippen molar-refractivity contribution in [3.8, 4) is 0 Å². The third-order valence-electron chi connectivity index (χ3n) is 5.68. The van der Waals surface area contributed by atoms with Gasteiger partial charge in [0.15, 0.2) is 0 Å². The van der Waals surface area contributed by atoms with E-state index in [-0.39, 0.29) is 11.7 Å². The molecular weight excluding hydrogens is 436 g/mol. The Morgan fingerprint density at radius 1 is 1.12 bits per heavy atom. The molecule has 33 heavy (non-hydrogen) atoms. The zero-order chi connectivity index (χ0) is 23.5. The lowest BCUT2D eigenvalue weighted by Crippen LogP contribution is -2.38. The average molecular weight is 465 g/mol. The van der Waals surface area contributed by atoms with Gasteiger partial charge in [-0.15, -0.1) is 0 Å². The number of thioether (sulfide) groups is 1. The number of esters is 1. The van der Waals surface area contributed by atoms with Crippen molar-refractivity contribution < 1.29 is 19.1 Å². The number of fused-ring (bicyclic) bond motifs is 3. The van der Waals surface area contributed by atoms with Crippen LogP contribution in [0.15, 0.2) is 75.4 Å². The van der Waals surface area contributed by atoms with E-state index >= 15 is 0 Å². The van der Waals surface area contributed by atoms with Crippen LogP contribution in [0.5, 0.6) is 0 Å². The van der Waals surface area contributed by atoms with E-state index in [4.69, 9.17) is 9.47 Å². The second-order valence-corrected chi connectivity index (χ2v) is 9.30. The first-order valence-electron chi connectivity index (χ1n) is 10.9. The van der Waals surface area contributed by atoms with Crippen molar-refractivity contribution in [3.05, 3.63) is 70.5 Å². The van der Waals surface area contributed by atoms with Gasteiger partial charge in [0.25, 0.3) is 5.91 Å². The standard InChI is InChI=1S/C26H28N2O4S/c1-17(29)32-23-24(19-9-12-20(31-4)13-10-19)33-25-21-8-6-5-7-18(21)11-14-22(25)28(26(23)30)16-15-27(2)3/h5-9,11-12,14H,10,13,15-16H2,1-4H3. The van der Waals surface area contributed by atoms with Crippen LogP contribution in [0, 0.1) is 0 Å². The molecule has 172 valence electrons. The first-order valence-corrected chi connectivity index (χ1v) is 11.7. The van der Waals surface area contributed by atoms with Crippen molar-refractivity contribution in [3.63, 3.8) is 0 Å². The molecule has 0 bridgehead atoms. The highest BCUT2D eigenvalue weighted by atomic mass is 32.2. The second kappa shape index (κ2) is 9.85. The molecule has 6 nitrogen and oxygen atoms in total. The number of amides is 1. The molecular formula is C26H28N2O4S. The van der Waals surface area contributed by atoms with E-state index < -0.39 is 5.97 Å². The molecule has 2 aromatic carbocycles. The molecule has 7 heteroatoms. The number of carbonyl (C=O) groups is 2. The van der Waals surface area contributed by atoms with Gasteiger partial charge in [0, 0.05) is 31.3 Å². The molecule has 1 aliphatic carbocycles. The SMILES string of the molecule is COC1=CC=C(C2=C(OC(C)=O)C(=O)N(CCN(C)C)c3ccc4ccccc4c3S2)CC1. The van der Waals surface area contributed by atoms with Gasteiger partial charge in [-0.2, -0.15) is 0 Å². The number of carbonyl (C=O) groups excluding carboxylic acids is 2. The first-order chi connectivity index (χ1) is 15.9. The number of allylic oxidation sites excluding steroid dienone is 4. The topological polar surface area (TPSA) is 59.1 Å². The minimum Gasteiger partial charge on any atom is -0.501 e. The van der Waals surface area contributed by atoms with E-state index in [9.17, 15) is 9.59 Å². The van der Waals surface area contributed by atoms with Crippen molar-refractivity contribution in [1.29, 1.82) is 0 Å². The number of benzene rings is 2. The molecule has 1 amide bonds. The van der Waals surface area contributed by atoms with Crippen molar-refractivity contribution >= 4 is 40.1 Å². The molecule has 2 aromatic rings. The van der Waals surface area contributed by atoms with Crippen LogP contribution in [0.3, 0.4) is 0 Å². The molecule has 0 N–H and O–H groups in total. The summed E-state index contributed by atoms with van der Waals surface area (Å²) in [5, 5.41) is 2.16. The Kier molecular flexibility index (Phi) is 6.91. The summed E-state index contributed by atoms with van der Waals surface area (Å²) in [6.45, 7) is 2.48. The van der Waals surface area contributed by atoms with Crippen LogP contribution in [0.4, 0.5) is 5.69 Å². The Morgan fingerprint density at radius 3 is 2.58 bits per heavy atom. The van der Waals surface area contributed by atoms with E-state index in [0.717, 1.165) is 39.1 Å². The van der Waals surface area contributed by atoms with Crippen LogP contribution in [-0.2, 0) is 19.1 Å². The normalized spacial score (nSPS) is 16.4. The highest BCUT2D eigenvalue weighted by molar-refractivity contribution is 8.03. The molecule has 0 unspecified atom stereocenters. The summed E-state index contributed by atoms with van der Waals surface area (Å²) < 4.78 is 11.0. The lowest BCUT2D eigenvalue weighted by atomic mass is 10.0. The van der Waals surface area contributed by atoms with E-state index in [1.54, 1.807) is 12.0 Å². The summed E-state index contributed by atoms with van der Waals surface area (Å²) in [4.78, 5) is 31.4. The number of rotatable bonds is 6. The lowest BCUT2D eigenvalue weighted by Gasteiger charge is -2.25. The van der Waals surface area contributed by atoms with Gasteiger partial charge in [0.05, 0.1) is 23.5 Å². The van der Waals surface area contributed by atoms with Crippen LogP contribution in [0.1, 0.15) is 19.8 Å². The van der Waals surface area contributed by atoms with Crippen LogP contribution in [0.25, 0.3) is 10.8 Å².